The van der Waals surface area contributed by atoms with Gasteiger partial charge in [-0.25, -0.2) is 0 Å². The summed E-state index contributed by atoms with van der Waals surface area (Å²) in [6, 6.07) is 12.5. The highest BCUT2D eigenvalue weighted by atomic mass is 35.5. The second kappa shape index (κ2) is 8.86. The largest absolute Gasteiger partial charge is 0.496 e. The number of halogens is 2. The fourth-order valence-corrected chi connectivity index (χ4v) is 3.79. The predicted octanol–water partition coefficient (Wildman–Crippen LogP) is 4.92. The molecule has 3 rings (SSSR count). The van der Waals surface area contributed by atoms with Crippen LogP contribution in [-0.2, 0) is 11.8 Å². The van der Waals surface area contributed by atoms with Crippen molar-refractivity contribution in [3.8, 4) is 17.1 Å². The molecular weight excluding hydrogens is 419 g/mol. The van der Waals surface area contributed by atoms with Crippen molar-refractivity contribution in [2.45, 2.75) is 17.3 Å². The summed E-state index contributed by atoms with van der Waals surface area (Å²) in [6.07, 6.45) is 0. The van der Waals surface area contributed by atoms with Crippen molar-refractivity contribution in [2.24, 2.45) is 7.05 Å². The molecule has 0 fully saturated rings. The van der Waals surface area contributed by atoms with E-state index >= 15 is 0 Å². The lowest BCUT2D eigenvalue weighted by Gasteiger charge is -2.13. The minimum absolute atomic E-state index is 0.198. The predicted molar refractivity (Wildman–Crippen MR) is 113 cm³/mol. The molecule has 0 spiro atoms. The summed E-state index contributed by atoms with van der Waals surface area (Å²) < 4.78 is 7.23. The van der Waals surface area contributed by atoms with E-state index in [1.54, 1.807) is 32.2 Å². The summed E-state index contributed by atoms with van der Waals surface area (Å²) >= 11 is 13.3. The number of hydrogen-bond acceptors (Lipinski definition) is 5. The fraction of sp³-hybridized carbons (Fsp3) is 0.211. The highest BCUT2D eigenvalue weighted by Gasteiger charge is 2.21. The van der Waals surface area contributed by atoms with Gasteiger partial charge in [0.2, 0.25) is 5.91 Å². The summed E-state index contributed by atoms with van der Waals surface area (Å²) in [5, 5.41) is 12.4. The van der Waals surface area contributed by atoms with Crippen LogP contribution in [0, 0.1) is 0 Å². The highest BCUT2D eigenvalue weighted by molar-refractivity contribution is 8.00. The van der Waals surface area contributed by atoms with Crippen LogP contribution in [0.2, 0.25) is 10.0 Å². The maximum Gasteiger partial charge on any atom is 0.237 e. The Morgan fingerprint density at radius 3 is 2.68 bits per heavy atom. The Kier molecular flexibility index (Phi) is 6.49. The van der Waals surface area contributed by atoms with Crippen LogP contribution in [0.5, 0.6) is 5.75 Å². The molecule has 0 bridgehead atoms. The van der Waals surface area contributed by atoms with E-state index in [1.165, 1.54) is 11.8 Å². The van der Waals surface area contributed by atoms with E-state index in [2.05, 4.69) is 15.5 Å². The standard InChI is InChI=1S/C19H18Cl2N4O2S/c1-11(18(26)22-15-9-8-12(20)10-14(15)21)28-19-24-23-17(25(19)2)13-6-4-5-7-16(13)27-3/h4-11H,1-3H3,(H,22,26). The smallest absolute Gasteiger partial charge is 0.237 e. The first-order valence-electron chi connectivity index (χ1n) is 8.36. The van der Waals surface area contributed by atoms with Crippen molar-refractivity contribution in [1.29, 1.82) is 0 Å². The van der Waals surface area contributed by atoms with Crippen LogP contribution in [0.4, 0.5) is 5.69 Å². The summed E-state index contributed by atoms with van der Waals surface area (Å²) in [6.45, 7) is 1.79. The number of amides is 1. The van der Waals surface area contributed by atoms with Gasteiger partial charge in [0.25, 0.3) is 0 Å². The number of hydrogen-bond donors (Lipinski definition) is 1. The van der Waals surface area contributed by atoms with E-state index in [9.17, 15) is 4.79 Å². The topological polar surface area (TPSA) is 69.0 Å². The molecule has 3 aromatic rings. The number of anilines is 1. The molecule has 0 saturated heterocycles. The molecule has 0 aliphatic carbocycles. The second-order valence-electron chi connectivity index (χ2n) is 5.94. The molecule has 9 heteroatoms. The van der Waals surface area contributed by atoms with E-state index in [4.69, 9.17) is 27.9 Å². The van der Waals surface area contributed by atoms with Crippen molar-refractivity contribution in [3.05, 3.63) is 52.5 Å². The number of ether oxygens (including phenoxy) is 1. The van der Waals surface area contributed by atoms with Gasteiger partial charge in [-0.15, -0.1) is 10.2 Å². The maximum atomic E-state index is 12.5. The van der Waals surface area contributed by atoms with Crippen molar-refractivity contribution in [1.82, 2.24) is 14.8 Å². The first kappa shape index (κ1) is 20.5. The molecule has 2 aromatic carbocycles. The van der Waals surface area contributed by atoms with E-state index in [0.717, 1.165) is 5.56 Å². The first-order valence-corrected chi connectivity index (χ1v) is 9.99. The number of para-hydroxylation sites is 1. The van der Waals surface area contributed by atoms with E-state index in [-0.39, 0.29) is 5.91 Å². The Labute approximate surface area is 177 Å². The molecule has 1 heterocycles. The van der Waals surface area contributed by atoms with Gasteiger partial charge in [-0.3, -0.25) is 4.79 Å². The van der Waals surface area contributed by atoms with E-state index in [1.807, 2.05) is 35.9 Å². The number of carbonyl (C=O) groups is 1. The normalized spacial score (nSPS) is 11.9. The summed E-state index contributed by atoms with van der Waals surface area (Å²) in [5.74, 6) is 1.17. The molecule has 1 aromatic heterocycles. The quantitative estimate of drug-likeness (QED) is 0.555. The first-order chi connectivity index (χ1) is 13.4. The molecule has 0 saturated carbocycles. The monoisotopic (exact) mass is 436 g/mol. The lowest BCUT2D eigenvalue weighted by molar-refractivity contribution is -0.115. The van der Waals surface area contributed by atoms with Crippen LogP contribution in [0.15, 0.2) is 47.6 Å². The lowest BCUT2D eigenvalue weighted by Crippen LogP contribution is -2.23. The Morgan fingerprint density at radius 2 is 1.96 bits per heavy atom. The number of nitrogens with one attached hydrogen (secondary N) is 1. The van der Waals surface area contributed by atoms with Crippen LogP contribution in [0.3, 0.4) is 0 Å². The van der Waals surface area contributed by atoms with Gasteiger partial charge in [-0.1, -0.05) is 47.1 Å². The number of rotatable bonds is 6. The Morgan fingerprint density at radius 1 is 1.21 bits per heavy atom. The zero-order valence-corrected chi connectivity index (χ0v) is 17.8. The molecule has 0 aliphatic rings. The van der Waals surface area contributed by atoms with Gasteiger partial charge >= 0.3 is 0 Å². The lowest BCUT2D eigenvalue weighted by atomic mass is 10.2. The van der Waals surface area contributed by atoms with Gasteiger partial charge in [0.15, 0.2) is 11.0 Å². The molecule has 1 amide bonds. The van der Waals surface area contributed by atoms with E-state index < -0.39 is 5.25 Å². The van der Waals surface area contributed by atoms with E-state index in [0.29, 0.717) is 32.5 Å². The van der Waals surface area contributed by atoms with Crippen LogP contribution in [-0.4, -0.2) is 33.0 Å². The van der Waals surface area contributed by atoms with Crippen LogP contribution in [0.25, 0.3) is 11.4 Å². The molecule has 1 unspecified atom stereocenters. The third-order valence-corrected chi connectivity index (χ3v) is 5.70. The Balaban J connectivity index is 1.75. The highest BCUT2D eigenvalue weighted by Crippen LogP contribution is 2.32. The number of nitrogens with zero attached hydrogens (tertiary/aromatic N) is 3. The summed E-state index contributed by atoms with van der Waals surface area (Å²) in [4.78, 5) is 12.5. The van der Waals surface area contributed by atoms with Crippen LogP contribution >= 0.6 is 35.0 Å². The number of carbonyl (C=O) groups excluding carboxylic acids is 1. The summed E-state index contributed by atoms with van der Waals surface area (Å²) in [7, 11) is 3.46. The van der Waals surface area contributed by atoms with Gasteiger partial charge in [0.05, 0.1) is 28.6 Å². The molecular formula is C19H18Cl2N4O2S. The molecule has 1 atom stereocenters. The Hall–Kier alpha value is -2.22. The van der Waals surface area contributed by atoms with Crippen molar-refractivity contribution >= 4 is 46.6 Å². The van der Waals surface area contributed by atoms with Crippen molar-refractivity contribution < 1.29 is 9.53 Å². The van der Waals surface area contributed by atoms with Gasteiger partial charge in [0, 0.05) is 12.1 Å². The third-order valence-electron chi connectivity index (χ3n) is 4.02. The number of methoxy groups -OCH3 is 1. The van der Waals surface area contributed by atoms with Gasteiger partial charge in [-0.2, -0.15) is 0 Å². The minimum atomic E-state index is -0.417. The maximum absolute atomic E-state index is 12.5. The molecule has 6 nitrogen and oxygen atoms in total. The summed E-state index contributed by atoms with van der Waals surface area (Å²) in [5.41, 5.74) is 1.34. The number of aromatic nitrogens is 3. The molecule has 28 heavy (non-hydrogen) atoms. The van der Waals surface area contributed by atoms with Crippen molar-refractivity contribution in [3.63, 3.8) is 0 Å². The average Bonchev–Trinajstić information content (AvgIpc) is 3.04. The molecule has 146 valence electrons. The average molecular weight is 437 g/mol. The Bertz CT molecular complexity index is 1010. The molecule has 0 aliphatic heterocycles. The third kappa shape index (κ3) is 4.43. The zero-order valence-electron chi connectivity index (χ0n) is 15.4. The van der Waals surface area contributed by atoms with Gasteiger partial charge in [-0.05, 0) is 37.3 Å². The van der Waals surface area contributed by atoms with Crippen LogP contribution < -0.4 is 10.1 Å². The van der Waals surface area contributed by atoms with Gasteiger partial charge in [0.1, 0.15) is 5.75 Å². The zero-order chi connectivity index (χ0) is 20.3. The molecule has 0 radical (unpaired) electrons. The van der Waals surface area contributed by atoms with Crippen LogP contribution in [0.1, 0.15) is 6.92 Å². The number of thioether (sulfide) groups is 1. The minimum Gasteiger partial charge on any atom is -0.496 e. The van der Waals surface area contributed by atoms with Crippen molar-refractivity contribution in [2.75, 3.05) is 12.4 Å². The molecule has 1 N–H and O–H groups in total. The second-order valence-corrected chi connectivity index (χ2v) is 8.09. The van der Waals surface area contributed by atoms with Gasteiger partial charge < -0.3 is 14.6 Å². The fourth-order valence-electron chi connectivity index (χ4n) is 2.52. The number of benzene rings is 2. The SMILES string of the molecule is COc1ccccc1-c1nnc(SC(C)C(=O)Nc2ccc(Cl)cc2Cl)n1C.